The second-order valence-corrected chi connectivity index (χ2v) is 7.06. The number of halogens is 2. The van der Waals surface area contributed by atoms with E-state index in [1.807, 2.05) is 0 Å². The molecule has 0 aliphatic rings. The first-order valence-corrected chi connectivity index (χ1v) is 10.3. The van der Waals surface area contributed by atoms with Crippen molar-refractivity contribution < 1.29 is 0 Å². The molecule has 0 bridgehead atoms. The Morgan fingerprint density at radius 3 is 1.35 bits per heavy atom. The average molecular weight is 404 g/mol. The quantitative estimate of drug-likeness (QED) is 0.269. The van der Waals surface area contributed by atoms with E-state index in [1.165, 1.54) is 64.2 Å². The average Bonchev–Trinajstić information content (AvgIpc) is 2.48. The van der Waals surface area contributed by atoms with Crippen LogP contribution in [0.4, 0.5) is 0 Å². The number of unbranched alkanes of at least 4 members (excludes halogenated alkanes) is 6. The standard InChI is InChI=1S/C18H28Br2/c19-15-9-3-1-5-11-17-13-7-8-14-18(17)12-6-2-4-10-16-20/h7-8,13-14H,1-6,9-12,15-16H2. The topological polar surface area (TPSA) is 0 Å². The molecule has 20 heavy (non-hydrogen) atoms. The third-order valence-electron chi connectivity index (χ3n) is 3.78. The summed E-state index contributed by atoms with van der Waals surface area (Å²) in [6.45, 7) is 0. The zero-order valence-electron chi connectivity index (χ0n) is 12.6. The maximum absolute atomic E-state index is 3.50. The van der Waals surface area contributed by atoms with Crippen LogP contribution in [0.15, 0.2) is 24.3 Å². The monoisotopic (exact) mass is 402 g/mol. The lowest BCUT2D eigenvalue weighted by molar-refractivity contribution is 0.655. The van der Waals surface area contributed by atoms with Gasteiger partial charge < -0.3 is 0 Å². The SMILES string of the molecule is BrCCCCCCc1ccccc1CCCCCCBr. The highest BCUT2D eigenvalue weighted by molar-refractivity contribution is 9.09. The van der Waals surface area contributed by atoms with E-state index >= 15 is 0 Å². The van der Waals surface area contributed by atoms with Crippen molar-refractivity contribution in [2.45, 2.75) is 64.2 Å². The molecular formula is C18H28Br2. The molecule has 0 radical (unpaired) electrons. The predicted molar refractivity (Wildman–Crippen MR) is 98.4 cm³/mol. The van der Waals surface area contributed by atoms with Gasteiger partial charge in [-0.05, 0) is 49.7 Å². The molecule has 0 fully saturated rings. The number of alkyl halides is 2. The number of benzene rings is 1. The molecule has 0 unspecified atom stereocenters. The van der Waals surface area contributed by atoms with Crippen molar-refractivity contribution >= 4 is 31.9 Å². The van der Waals surface area contributed by atoms with Crippen LogP contribution in [-0.4, -0.2) is 10.7 Å². The van der Waals surface area contributed by atoms with E-state index in [0.717, 1.165) is 10.7 Å². The van der Waals surface area contributed by atoms with Crippen LogP contribution in [0.1, 0.15) is 62.5 Å². The van der Waals surface area contributed by atoms with Crippen molar-refractivity contribution in [2.75, 3.05) is 10.7 Å². The van der Waals surface area contributed by atoms with Gasteiger partial charge in [-0.15, -0.1) is 0 Å². The molecule has 0 nitrogen and oxygen atoms in total. The van der Waals surface area contributed by atoms with Gasteiger partial charge in [-0.1, -0.05) is 81.8 Å². The van der Waals surface area contributed by atoms with Gasteiger partial charge in [0.25, 0.3) is 0 Å². The van der Waals surface area contributed by atoms with Gasteiger partial charge in [0, 0.05) is 10.7 Å². The maximum Gasteiger partial charge on any atom is 0.00313 e. The Morgan fingerprint density at radius 2 is 0.950 bits per heavy atom. The smallest absolute Gasteiger partial charge is 0.00313 e. The highest BCUT2D eigenvalue weighted by Crippen LogP contribution is 2.16. The largest absolute Gasteiger partial charge is 0.0928 e. The first kappa shape index (κ1) is 18.2. The molecule has 1 aromatic carbocycles. The third-order valence-corrected chi connectivity index (χ3v) is 4.90. The zero-order chi connectivity index (χ0) is 14.5. The first-order valence-electron chi connectivity index (χ1n) is 8.07. The van der Waals surface area contributed by atoms with Gasteiger partial charge in [0.1, 0.15) is 0 Å². The van der Waals surface area contributed by atoms with Crippen molar-refractivity contribution in [3.05, 3.63) is 35.4 Å². The first-order chi connectivity index (χ1) is 9.88. The number of aryl methyl sites for hydroxylation is 2. The summed E-state index contributed by atoms with van der Waals surface area (Å²) in [5, 5.41) is 2.30. The minimum atomic E-state index is 1.15. The lowest BCUT2D eigenvalue weighted by Gasteiger charge is -2.09. The molecule has 114 valence electrons. The van der Waals surface area contributed by atoms with Crippen LogP contribution in [-0.2, 0) is 12.8 Å². The summed E-state index contributed by atoms with van der Waals surface area (Å²) in [6, 6.07) is 9.06. The van der Waals surface area contributed by atoms with Gasteiger partial charge in [-0.2, -0.15) is 0 Å². The Hall–Kier alpha value is 0.180. The summed E-state index contributed by atoms with van der Waals surface area (Å²) in [7, 11) is 0. The Balaban J connectivity index is 2.27. The fraction of sp³-hybridized carbons (Fsp3) is 0.667. The van der Waals surface area contributed by atoms with Crippen molar-refractivity contribution in [1.29, 1.82) is 0 Å². The fourth-order valence-electron chi connectivity index (χ4n) is 2.57. The van der Waals surface area contributed by atoms with Crippen molar-refractivity contribution in [3.8, 4) is 0 Å². The molecule has 2 heteroatoms. The van der Waals surface area contributed by atoms with E-state index in [2.05, 4.69) is 56.1 Å². The summed E-state index contributed by atoms with van der Waals surface area (Å²) >= 11 is 7.00. The van der Waals surface area contributed by atoms with E-state index < -0.39 is 0 Å². The van der Waals surface area contributed by atoms with Gasteiger partial charge in [0.15, 0.2) is 0 Å². The Labute approximate surface area is 142 Å². The van der Waals surface area contributed by atoms with E-state index in [-0.39, 0.29) is 0 Å². The molecule has 0 saturated heterocycles. The van der Waals surface area contributed by atoms with Crippen molar-refractivity contribution in [2.24, 2.45) is 0 Å². The van der Waals surface area contributed by atoms with Crippen molar-refractivity contribution in [3.63, 3.8) is 0 Å². The summed E-state index contributed by atoms with van der Waals surface area (Å²) < 4.78 is 0. The molecular weight excluding hydrogens is 376 g/mol. The Kier molecular flexibility index (Phi) is 11.7. The molecule has 1 aromatic rings. The van der Waals surface area contributed by atoms with Crippen LogP contribution < -0.4 is 0 Å². The fourth-order valence-corrected chi connectivity index (χ4v) is 3.37. The molecule has 0 aliphatic heterocycles. The lowest BCUT2D eigenvalue weighted by atomic mass is 9.97. The van der Waals surface area contributed by atoms with E-state index in [1.54, 1.807) is 11.1 Å². The van der Waals surface area contributed by atoms with E-state index in [4.69, 9.17) is 0 Å². The molecule has 0 amide bonds. The third kappa shape index (κ3) is 8.46. The van der Waals surface area contributed by atoms with Gasteiger partial charge in [-0.25, -0.2) is 0 Å². The molecule has 0 aliphatic carbocycles. The van der Waals surface area contributed by atoms with Crippen LogP contribution in [0.2, 0.25) is 0 Å². The van der Waals surface area contributed by atoms with Crippen LogP contribution in [0.3, 0.4) is 0 Å². The predicted octanol–water partition coefficient (Wildman–Crippen LogP) is 6.68. The minimum absolute atomic E-state index is 1.15. The Bertz CT molecular complexity index is 303. The molecule has 0 N–H and O–H groups in total. The van der Waals surface area contributed by atoms with Crippen LogP contribution >= 0.6 is 31.9 Å². The molecule has 0 spiro atoms. The molecule has 0 heterocycles. The molecule has 0 saturated carbocycles. The van der Waals surface area contributed by atoms with Gasteiger partial charge in [0.2, 0.25) is 0 Å². The number of rotatable bonds is 12. The maximum atomic E-state index is 3.50. The summed E-state index contributed by atoms with van der Waals surface area (Å²) in [5.74, 6) is 0. The van der Waals surface area contributed by atoms with Crippen LogP contribution in [0.25, 0.3) is 0 Å². The van der Waals surface area contributed by atoms with E-state index in [0.29, 0.717) is 0 Å². The number of hydrogen-bond acceptors (Lipinski definition) is 0. The van der Waals surface area contributed by atoms with Crippen LogP contribution in [0, 0.1) is 0 Å². The minimum Gasteiger partial charge on any atom is -0.0928 e. The van der Waals surface area contributed by atoms with Gasteiger partial charge in [-0.3, -0.25) is 0 Å². The Morgan fingerprint density at radius 1 is 0.550 bits per heavy atom. The molecule has 0 atom stereocenters. The summed E-state index contributed by atoms with van der Waals surface area (Å²) in [4.78, 5) is 0. The highest BCUT2D eigenvalue weighted by Gasteiger charge is 2.02. The van der Waals surface area contributed by atoms with E-state index in [9.17, 15) is 0 Å². The number of hydrogen-bond donors (Lipinski definition) is 0. The van der Waals surface area contributed by atoms with Crippen LogP contribution in [0.5, 0.6) is 0 Å². The van der Waals surface area contributed by atoms with Gasteiger partial charge in [0.05, 0.1) is 0 Å². The summed E-state index contributed by atoms with van der Waals surface area (Å²) in [6.07, 6.45) is 13.3. The lowest BCUT2D eigenvalue weighted by Crippen LogP contribution is -1.95. The van der Waals surface area contributed by atoms with Gasteiger partial charge >= 0.3 is 0 Å². The second-order valence-electron chi connectivity index (χ2n) is 5.48. The molecule has 0 aromatic heterocycles. The summed E-state index contributed by atoms with van der Waals surface area (Å²) in [5.41, 5.74) is 3.18. The highest BCUT2D eigenvalue weighted by atomic mass is 79.9. The second kappa shape index (κ2) is 12.9. The normalized spacial score (nSPS) is 10.9. The van der Waals surface area contributed by atoms with Crippen molar-refractivity contribution in [1.82, 2.24) is 0 Å². The molecule has 1 rings (SSSR count). The zero-order valence-corrected chi connectivity index (χ0v) is 15.7.